The number of allylic oxidation sites excluding steroid dienone is 3. The van der Waals surface area contributed by atoms with Gasteiger partial charge in [0.25, 0.3) is 17.4 Å². The van der Waals surface area contributed by atoms with Crippen LogP contribution in [0.4, 0.5) is 5.69 Å². The lowest BCUT2D eigenvalue weighted by Crippen LogP contribution is -2.45. The lowest BCUT2D eigenvalue weighted by molar-refractivity contribution is -0.137. The van der Waals surface area contributed by atoms with Crippen molar-refractivity contribution in [2.45, 2.75) is 31.8 Å². The normalized spacial score (nSPS) is 11.5. The Kier molecular flexibility index (Phi) is 12.4. The molecular formula is C28H32N6O6. The van der Waals surface area contributed by atoms with E-state index in [1.165, 1.54) is 49.9 Å². The molecule has 40 heavy (non-hydrogen) atoms. The Morgan fingerprint density at radius 3 is 2.52 bits per heavy atom. The third-order valence-electron chi connectivity index (χ3n) is 5.61. The number of nitrogens with zero attached hydrogens (tertiary/aromatic N) is 2. The van der Waals surface area contributed by atoms with Gasteiger partial charge in [0.05, 0.1) is 5.56 Å². The van der Waals surface area contributed by atoms with Crippen LogP contribution < -0.4 is 26.8 Å². The van der Waals surface area contributed by atoms with Crippen molar-refractivity contribution in [3.8, 4) is 0 Å². The smallest absolute Gasteiger partial charge is 0.287 e. The van der Waals surface area contributed by atoms with E-state index in [2.05, 4.69) is 39.4 Å². The highest BCUT2D eigenvalue weighted by Gasteiger charge is 2.25. The number of likely N-dealkylation sites (N-methyl/N-ethyl adjacent to an activating group) is 1. The van der Waals surface area contributed by atoms with Gasteiger partial charge < -0.3 is 25.8 Å². The number of nitrogens with one attached hydrogen (secondary N) is 4. The van der Waals surface area contributed by atoms with Gasteiger partial charge in [0.1, 0.15) is 18.3 Å². The van der Waals surface area contributed by atoms with Crippen molar-refractivity contribution in [3.05, 3.63) is 95.7 Å². The number of carbonyl (C=O) groups is 5. The largest absolute Gasteiger partial charge is 0.354 e. The Hall–Kier alpha value is -5.13. The number of Topliss-reactive ketones (excluding diaryl/α,β-unsaturated/α-hetero) is 1. The molecule has 1 unspecified atom stereocenters. The fraction of sp³-hybridized carbons (Fsp3) is 0.250. The molecule has 0 saturated carbocycles. The summed E-state index contributed by atoms with van der Waals surface area (Å²) in [5, 5.41) is 9.89. The minimum atomic E-state index is -1.26. The summed E-state index contributed by atoms with van der Waals surface area (Å²) in [5.74, 6) is -3.44. The van der Waals surface area contributed by atoms with Crippen molar-refractivity contribution in [2.24, 2.45) is 0 Å². The van der Waals surface area contributed by atoms with Gasteiger partial charge in [0, 0.05) is 38.6 Å². The van der Waals surface area contributed by atoms with Gasteiger partial charge in [-0.1, -0.05) is 31.4 Å². The second-order valence-electron chi connectivity index (χ2n) is 8.43. The molecule has 0 fully saturated rings. The van der Waals surface area contributed by atoms with E-state index in [1.54, 1.807) is 18.2 Å². The van der Waals surface area contributed by atoms with Gasteiger partial charge in [0.2, 0.25) is 17.6 Å². The highest BCUT2D eigenvalue weighted by Crippen LogP contribution is 2.07. The average molecular weight is 549 g/mol. The minimum absolute atomic E-state index is 0.138. The van der Waals surface area contributed by atoms with Crippen LogP contribution in [0.1, 0.15) is 29.6 Å². The minimum Gasteiger partial charge on any atom is -0.354 e. The summed E-state index contributed by atoms with van der Waals surface area (Å²) in [7, 11) is 1.30. The number of hydrogen-bond acceptors (Lipinski definition) is 7. The van der Waals surface area contributed by atoms with Gasteiger partial charge in [-0.3, -0.25) is 33.8 Å². The topological polar surface area (TPSA) is 168 Å². The van der Waals surface area contributed by atoms with Crippen LogP contribution >= 0.6 is 0 Å². The van der Waals surface area contributed by atoms with Crippen LogP contribution in [-0.4, -0.2) is 58.6 Å². The number of anilines is 1. The standard InChI is InChI=1S/C28H32N6O6/c1-4-8-19(5-2)13-15-31-24(36)18-34-16-7-10-22(28(34)40)33-26(38)21(11-12-23(35)27(39)29-3)32-25(37)20-9-6-14-30-17-20/h4-10,14,16-17,21H,1-2,11-13,15,18H2,3H3,(H,29,39)(H,31,36)(H,32,37)(H,33,38)/b19-8+. The molecule has 4 N–H and O–H groups in total. The molecule has 4 amide bonds. The third-order valence-corrected chi connectivity index (χ3v) is 5.61. The molecule has 210 valence electrons. The first-order chi connectivity index (χ1) is 19.2. The van der Waals surface area contributed by atoms with Crippen LogP contribution in [0.5, 0.6) is 0 Å². The highest BCUT2D eigenvalue weighted by atomic mass is 16.2. The van der Waals surface area contributed by atoms with Crippen LogP contribution in [0.3, 0.4) is 0 Å². The number of amides is 4. The molecule has 12 nitrogen and oxygen atoms in total. The summed E-state index contributed by atoms with van der Waals surface area (Å²) in [6, 6.07) is 4.59. The molecule has 0 spiro atoms. The van der Waals surface area contributed by atoms with E-state index in [-0.39, 0.29) is 30.6 Å². The molecule has 0 aliphatic heterocycles. The van der Waals surface area contributed by atoms with E-state index >= 15 is 0 Å². The Morgan fingerprint density at radius 1 is 1.10 bits per heavy atom. The molecule has 0 aliphatic rings. The summed E-state index contributed by atoms with van der Waals surface area (Å²) >= 11 is 0. The Balaban J connectivity index is 2.13. The molecule has 2 aromatic heterocycles. The second-order valence-corrected chi connectivity index (χ2v) is 8.43. The first-order valence-electron chi connectivity index (χ1n) is 12.4. The molecular weight excluding hydrogens is 516 g/mol. The number of hydrogen-bond donors (Lipinski definition) is 4. The lowest BCUT2D eigenvalue weighted by atomic mass is 10.1. The first kappa shape index (κ1) is 31.1. The maximum Gasteiger partial charge on any atom is 0.287 e. The fourth-order valence-corrected chi connectivity index (χ4v) is 3.47. The van der Waals surface area contributed by atoms with Gasteiger partial charge in [-0.25, -0.2) is 0 Å². The molecule has 0 saturated heterocycles. The van der Waals surface area contributed by atoms with E-state index in [0.717, 1.165) is 10.1 Å². The van der Waals surface area contributed by atoms with Crippen molar-refractivity contribution >= 4 is 35.1 Å². The van der Waals surface area contributed by atoms with Crippen LogP contribution in [0.2, 0.25) is 0 Å². The Bertz CT molecular complexity index is 1350. The van der Waals surface area contributed by atoms with Gasteiger partial charge in [-0.05, 0) is 42.7 Å². The molecule has 0 bridgehead atoms. The first-order valence-corrected chi connectivity index (χ1v) is 12.4. The van der Waals surface area contributed by atoms with Crippen LogP contribution in [0.15, 0.2) is 84.6 Å². The van der Waals surface area contributed by atoms with E-state index < -0.39 is 41.0 Å². The van der Waals surface area contributed by atoms with Crippen molar-refractivity contribution in [1.82, 2.24) is 25.5 Å². The number of rotatable bonds is 15. The zero-order valence-corrected chi connectivity index (χ0v) is 22.1. The van der Waals surface area contributed by atoms with Crippen molar-refractivity contribution in [1.29, 1.82) is 0 Å². The van der Waals surface area contributed by atoms with E-state index in [4.69, 9.17) is 0 Å². The maximum absolute atomic E-state index is 13.1. The monoisotopic (exact) mass is 548 g/mol. The molecule has 2 heterocycles. The van der Waals surface area contributed by atoms with Crippen molar-refractivity contribution < 1.29 is 24.0 Å². The second kappa shape index (κ2) is 16.0. The van der Waals surface area contributed by atoms with Gasteiger partial charge in [-0.2, -0.15) is 0 Å². The predicted octanol–water partition coefficient (Wildman–Crippen LogP) is 0.880. The average Bonchev–Trinajstić information content (AvgIpc) is 2.96. The number of ketones is 1. The number of aromatic nitrogens is 2. The SMILES string of the molecule is C=C/C=C(\C=C)CCNC(=O)Cn1cccc(NC(=O)C(CCC(=O)C(=O)NC)NC(=O)c2cccnc2)c1=O. The molecule has 0 aromatic carbocycles. The number of carbonyl (C=O) groups excluding carboxylic acids is 5. The van der Waals surface area contributed by atoms with Crippen LogP contribution in [0.25, 0.3) is 0 Å². The molecule has 1 atom stereocenters. The van der Waals surface area contributed by atoms with Gasteiger partial charge >= 0.3 is 0 Å². The third kappa shape index (κ3) is 9.63. The molecule has 2 rings (SSSR count). The van der Waals surface area contributed by atoms with Gasteiger partial charge in [0.15, 0.2) is 0 Å². The van der Waals surface area contributed by atoms with Gasteiger partial charge in [-0.15, -0.1) is 0 Å². The Labute approximate surface area is 231 Å². The number of pyridine rings is 2. The van der Waals surface area contributed by atoms with E-state index in [9.17, 15) is 28.8 Å². The molecule has 0 aliphatic carbocycles. The maximum atomic E-state index is 13.1. The zero-order valence-electron chi connectivity index (χ0n) is 22.1. The zero-order chi connectivity index (χ0) is 29.5. The summed E-state index contributed by atoms with van der Waals surface area (Å²) in [6.07, 6.45) is 9.21. The lowest BCUT2D eigenvalue weighted by Gasteiger charge is -2.18. The van der Waals surface area contributed by atoms with E-state index in [1.807, 2.05) is 0 Å². The van der Waals surface area contributed by atoms with Crippen molar-refractivity contribution in [2.75, 3.05) is 18.9 Å². The van der Waals surface area contributed by atoms with Crippen LogP contribution in [0, 0.1) is 0 Å². The molecule has 0 radical (unpaired) electrons. The van der Waals surface area contributed by atoms with Crippen molar-refractivity contribution in [3.63, 3.8) is 0 Å². The summed E-state index contributed by atoms with van der Waals surface area (Å²) < 4.78 is 1.12. The molecule has 2 aromatic rings. The van der Waals surface area contributed by atoms with Crippen LogP contribution in [-0.2, 0) is 25.7 Å². The fourth-order valence-electron chi connectivity index (χ4n) is 3.47. The van der Waals surface area contributed by atoms with E-state index in [0.29, 0.717) is 13.0 Å². The Morgan fingerprint density at radius 2 is 1.88 bits per heavy atom. The predicted molar refractivity (Wildman–Crippen MR) is 149 cm³/mol. The highest BCUT2D eigenvalue weighted by molar-refractivity contribution is 6.36. The quantitative estimate of drug-likeness (QED) is 0.189. The molecule has 12 heteroatoms. The summed E-state index contributed by atoms with van der Waals surface area (Å²) in [6.45, 7) is 7.34. The summed E-state index contributed by atoms with van der Waals surface area (Å²) in [5.41, 5.74) is 0.273. The summed E-state index contributed by atoms with van der Waals surface area (Å²) in [4.78, 5) is 78.6.